The van der Waals surface area contributed by atoms with Gasteiger partial charge in [0.05, 0.1) is 0 Å². The second-order valence-electron chi connectivity index (χ2n) is 9.07. The van der Waals surface area contributed by atoms with E-state index in [9.17, 15) is 4.79 Å². The maximum atomic E-state index is 12.4. The number of rotatable bonds is 8. The molecule has 2 atom stereocenters. The number of amides is 1. The van der Waals surface area contributed by atoms with Gasteiger partial charge in [-0.3, -0.25) is 9.69 Å². The molecule has 0 aliphatic carbocycles. The van der Waals surface area contributed by atoms with Gasteiger partial charge in [-0.15, -0.1) is 0 Å². The molecule has 2 saturated heterocycles. The van der Waals surface area contributed by atoms with Gasteiger partial charge in [0.25, 0.3) is 0 Å². The number of carbonyl (C=O) groups is 1. The van der Waals surface area contributed by atoms with E-state index in [1.54, 1.807) is 0 Å². The topological polar surface area (TPSA) is 26.8 Å². The van der Waals surface area contributed by atoms with Gasteiger partial charge in [-0.25, -0.2) is 0 Å². The van der Waals surface area contributed by atoms with Crippen LogP contribution in [0.2, 0.25) is 0 Å². The summed E-state index contributed by atoms with van der Waals surface area (Å²) >= 11 is 0. The maximum Gasteiger partial charge on any atom is 0.222 e. The second kappa shape index (κ2) is 16.2. The Balaban J connectivity index is 0.00000171. The molecule has 1 amide bonds. The van der Waals surface area contributed by atoms with Crippen LogP contribution in [0.4, 0.5) is 0 Å². The molecule has 0 aromatic heterocycles. The number of carbonyl (C=O) groups excluding carboxylic acids is 1. The van der Waals surface area contributed by atoms with Crippen molar-refractivity contribution < 1.29 is 37.5 Å². The van der Waals surface area contributed by atoms with Gasteiger partial charge in [0.1, 0.15) is 0 Å². The van der Waals surface area contributed by atoms with E-state index in [0.717, 1.165) is 57.4 Å². The Kier molecular flexibility index (Phi) is 16.5. The van der Waals surface area contributed by atoms with Crippen molar-refractivity contribution in [3.8, 4) is 0 Å². The Hall–Kier alpha value is 0.494. The molecule has 0 bridgehead atoms. The fourth-order valence-corrected chi connectivity index (χ4v) is 4.26. The number of hydrogen-bond donors (Lipinski definition) is 0. The molecule has 0 spiro atoms. The molecule has 2 aliphatic rings. The van der Waals surface area contributed by atoms with Crippen LogP contribution in [0.15, 0.2) is 0 Å². The normalized spacial score (nSPS) is 21.8. The van der Waals surface area contributed by atoms with Crippen LogP contribution < -0.4 is 0 Å². The first kappa shape index (κ1) is 28.5. The van der Waals surface area contributed by atoms with Crippen LogP contribution in [0.25, 0.3) is 0 Å². The molecule has 5 heteroatoms. The molecule has 2 aliphatic heterocycles. The van der Waals surface area contributed by atoms with Crippen LogP contribution >= 0.6 is 0 Å². The third-order valence-electron chi connectivity index (χ3n) is 5.92. The number of likely N-dealkylation sites (tertiary alicyclic amines) is 1. The fraction of sp³-hybridized carbons (Fsp3) is 0.957. The van der Waals surface area contributed by atoms with Crippen molar-refractivity contribution in [1.29, 1.82) is 0 Å². The molecule has 2 fully saturated rings. The number of nitrogens with zero attached hydrogens (tertiary/aromatic N) is 3. The van der Waals surface area contributed by atoms with Gasteiger partial charge < -0.3 is 9.80 Å². The van der Waals surface area contributed by atoms with Crippen molar-refractivity contribution in [3.63, 3.8) is 0 Å². The first-order valence-corrected chi connectivity index (χ1v) is 11.6. The number of hydrogen-bond acceptors (Lipinski definition) is 3. The molecule has 0 N–H and O–H groups in total. The summed E-state index contributed by atoms with van der Waals surface area (Å²) < 4.78 is 0. The van der Waals surface area contributed by atoms with E-state index in [1.807, 2.05) is 0 Å². The van der Waals surface area contributed by atoms with Crippen molar-refractivity contribution in [1.82, 2.24) is 14.7 Å². The van der Waals surface area contributed by atoms with Gasteiger partial charge in [0.15, 0.2) is 0 Å². The van der Waals surface area contributed by atoms with Crippen molar-refractivity contribution in [2.75, 3.05) is 45.8 Å². The van der Waals surface area contributed by atoms with Gasteiger partial charge in [0.2, 0.25) is 5.91 Å². The van der Waals surface area contributed by atoms with Gasteiger partial charge in [-0.2, -0.15) is 0 Å². The van der Waals surface area contributed by atoms with Gasteiger partial charge >= 0.3 is 0 Å². The van der Waals surface area contributed by atoms with E-state index in [-0.39, 0.29) is 32.7 Å². The number of piperazine rings is 1. The minimum Gasteiger partial charge on any atom is -0.340 e. The molecule has 0 aromatic rings. The molecule has 1 radical (unpaired) electrons. The summed E-state index contributed by atoms with van der Waals surface area (Å²) in [6.45, 7) is 20.9. The monoisotopic (exact) mass is 470 g/mol. The van der Waals surface area contributed by atoms with Gasteiger partial charge in [0, 0.05) is 77.9 Å². The summed E-state index contributed by atoms with van der Waals surface area (Å²) in [6, 6.07) is 0.649. The van der Waals surface area contributed by atoms with Crippen molar-refractivity contribution in [2.24, 2.45) is 11.8 Å². The summed E-state index contributed by atoms with van der Waals surface area (Å²) in [6.07, 6.45) is 6.91. The van der Waals surface area contributed by atoms with Crippen molar-refractivity contribution >= 4 is 5.91 Å². The van der Waals surface area contributed by atoms with E-state index in [1.165, 1.54) is 38.8 Å². The summed E-state index contributed by atoms with van der Waals surface area (Å²) in [4.78, 5) is 19.6. The molecule has 163 valence electrons. The van der Waals surface area contributed by atoms with Crippen LogP contribution in [0.3, 0.4) is 0 Å². The molecule has 2 rings (SSSR count). The Labute approximate surface area is 201 Å². The SMILES string of the molecule is CCC.CCC(C)N1CCN(C(=O)CCCN2CCC(CC(C)C)C2)CC1.[Y]. The standard InChI is InChI=1S/C20H39N3O.C3H8.Y/c1-5-18(4)22-11-13-23(14-12-22)20(24)7-6-9-21-10-8-19(16-21)15-17(2)3;1-3-2;/h17-19H,5-16H2,1-4H3;3H2,1-2H3;. The average Bonchev–Trinajstić information content (AvgIpc) is 3.08. The Morgan fingerprint density at radius 3 is 2.14 bits per heavy atom. The zero-order valence-electron chi connectivity index (χ0n) is 19.8. The largest absolute Gasteiger partial charge is 0.340 e. The van der Waals surface area contributed by atoms with Crippen molar-refractivity contribution in [3.05, 3.63) is 0 Å². The van der Waals surface area contributed by atoms with Gasteiger partial charge in [-0.05, 0) is 57.5 Å². The molecular formula is C23H47N3OY. The zero-order chi connectivity index (χ0) is 20.2. The minimum atomic E-state index is 0. The minimum absolute atomic E-state index is 0. The van der Waals surface area contributed by atoms with Crippen LogP contribution in [0.5, 0.6) is 0 Å². The van der Waals surface area contributed by atoms with E-state index >= 15 is 0 Å². The van der Waals surface area contributed by atoms with Crippen LogP contribution in [-0.2, 0) is 37.5 Å². The van der Waals surface area contributed by atoms with Crippen LogP contribution in [0, 0.1) is 11.8 Å². The second-order valence-corrected chi connectivity index (χ2v) is 9.07. The van der Waals surface area contributed by atoms with E-state index in [2.05, 4.69) is 56.2 Å². The first-order valence-electron chi connectivity index (χ1n) is 11.6. The summed E-state index contributed by atoms with van der Waals surface area (Å²) in [5, 5.41) is 0. The molecule has 0 saturated carbocycles. The Bertz CT molecular complexity index is 397. The molecule has 0 aromatic carbocycles. The van der Waals surface area contributed by atoms with E-state index in [0.29, 0.717) is 11.9 Å². The van der Waals surface area contributed by atoms with Gasteiger partial charge in [-0.1, -0.05) is 41.0 Å². The fourth-order valence-electron chi connectivity index (χ4n) is 4.26. The zero-order valence-corrected chi connectivity index (χ0v) is 22.6. The van der Waals surface area contributed by atoms with Crippen LogP contribution in [-0.4, -0.2) is 72.5 Å². The van der Waals surface area contributed by atoms with Crippen LogP contribution in [0.1, 0.15) is 80.1 Å². The Morgan fingerprint density at radius 2 is 1.61 bits per heavy atom. The molecule has 2 unspecified atom stereocenters. The summed E-state index contributed by atoms with van der Waals surface area (Å²) in [5.74, 6) is 2.07. The van der Waals surface area contributed by atoms with E-state index < -0.39 is 0 Å². The molecule has 2 heterocycles. The quantitative estimate of drug-likeness (QED) is 0.523. The summed E-state index contributed by atoms with van der Waals surface area (Å²) in [7, 11) is 0. The molecule has 4 nitrogen and oxygen atoms in total. The maximum absolute atomic E-state index is 12.4. The van der Waals surface area contributed by atoms with Crippen molar-refractivity contribution in [2.45, 2.75) is 86.1 Å². The average molecular weight is 471 g/mol. The predicted molar refractivity (Wildman–Crippen MR) is 117 cm³/mol. The third kappa shape index (κ3) is 11.0. The molecular weight excluding hydrogens is 423 g/mol. The third-order valence-corrected chi connectivity index (χ3v) is 5.92. The van der Waals surface area contributed by atoms with E-state index in [4.69, 9.17) is 0 Å². The smallest absolute Gasteiger partial charge is 0.222 e. The summed E-state index contributed by atoms with van der Waals surface area (Å²) in [5.41, 5.74) is 0. The molecule has 28 heavy (non-hydrogen) atoms. The first-order chi connectivity index (χ1) is 12.9. The Morgan fingerprint density at radius 1 is 1.00 bits per heavy atom. The predicted octanol–water partition coefficient (Wildman–Crippen LogP) is 4.49.